The first kappa shape index (κ1) is 6.45. The summed E-state index contributed by atoms with van der Waals surface area (Å²) in [6.07, 6.45) is 0.0405. The Hall–Kier alpha value is 0.452. The number of hydrogen-bond donors (Lipinski definition) is 1. The van der Waals surface area contributed by atoms with Crippen molar-refractivity contribution in [1.82, 2.24) is 0 Å². The van der Waals surface area contributed by atoms with Gasteiger partial charge in [0.1, 0.15) is 6.29 Å². The van der Waals surface area contributed by atoms with Crippen molar-refractivity contribution in [2.45, 2.75) is 19.6 Å². The van der Waals surface area contributed by atoms with Crippen LogP contribution in [-0.2, 0) is 3.79 Å². The predicted octanol–water partition coefficient (Wildman–Crippen LogP) is -0.185. The molecule has 34 valence electrons. The zero-order valence-corrected chi connectivity index (χ0v) is 4.87. The van der Waals surface area contributed by atoms with E-state index in [2.05, 4.69) is 3.79 Å². The SMILES string of the molecule is CCC(O)[O][Al]. The molecule has 0 heterocycles. The first-order valence-corrected chi connectivity index (χ1v) is 2.32. The quantitative estimate of drug-likeness (QED) is 0.387. The summed E-state index contributed by atoms with van der Waals surface area (Å²) in [5.41, 5.74) is 0. The van der Waals surface area contributed by atoms with Crippen LogP contribution in [0.25, 0.3) is 0 Å². The molecular formula is C3H7AlO2. The van der Waals surface area contributed by atoms with Crippen LogP contribution in [0.5, 0.6) is 0 Å². The highest BCUT2D eigenvalue weighted by Gasteiger charge is 1.88. The normalized spacial score (nSPS) is 14.3. The summed E-state index contributed by atoms with van der Waals surface area (Å²) >= 11 is 1.99. The molecule has 0 aliphatic heterocycles. The fraction of sp³-hybridized carbons (Fsp3) is 1.00. The zero-order chi connectivity index (χ0) is 4.99. The number of aliphatic hydroxyl groups is 1. The predicted molar refractivity (Wildman–Crippen MR) is 23.1 cm³/mol. The monoisotopic (exact) mass is 102 g/mol. The van der Waals surface area contributed by atoms with E-state index in [4.69, 9.17) is 5.11 Å². The molecule has 1 unspecified atom stereocenters. The molecule has 0 aromatic carbocycles. The number of hydrogen-bond acceptors (Lipinski definition) is 2. The van der Waals surface area contributed by atoms with Crippen molar-refractivity contribution < 1.29 is 8.90 Å². The summed E-state index contributed by atoms with van der Waals surface area (Å²) in [7, 11) is 0. The van der Waals surface area contributed by atoms with Gasteiger partial charge in [-0.05, 0) is 6.42 Å². The first-order valence-electron chi connectivity index (χ1n) is 1.84. The van der Waals surface area contributed by atoms with Gasteiger partial charge in [-0.3, -0.25) is 0 Å². The van der Waals surface area contributed by atoms with Gasteiger partial charge >= 0.3 is 16.6 Å². The maximum Gasteiger partial charge on any atom is 0.373 e. The van der Waals surface area contributed by atoms with Gasteiger partial charge in [0.25, 0.3) is 0 Å². The molecule has 0 bridgehead atoms. The van der Waals surface area contributed by atoms with Gasteiger partial charge in [0.2, 0.25) is 0 Å². The molecule has 0 aliphatic rings. The van der Waals surface area contributed by atoms with E-state index in [-0.39, 0.29) is 0 Å². The van der Waals surface area contributed by atoms with E-state index in [9.17, 15) is 0 Å². The van der Waals surface area contributed by atoms with Crippen molar-refractivity contribution in [2.75, 3.05) is 0 Å². The summed E-state index contributed by atoms with van der Waals surface area (Å²) in [6, 6.07) is 0. The van der Waals surface area contributed by atoms with E-state index in [0.29, 0.717) is 6.42 Å². The molecule has 0 aliphatic carbocycles. The molecule has 0 fully saturated rings. The van der Waals surface area contributed by atoms with Crippen molar-refractivity contribution in [2.24, 2.45) is 0 Å². The fourth-order valence-corrected chi connectivity index (χ4v) is 0.289. The Balaban J connectivity index is 2.75. The van der Waals surface area contributed by atoms with Gasteiger partial charge < -0.3 is 8.90 Å². The molecule has 6 heavy (non-hydrogen) atoms. The second-order valence-electron chi connectivity index (χ2n) is 0.999. The Morgan fingerprint density at radius 2 is 2.50 bits per heavy atom. The molecular weight excluding hydrogens is 95.0 g/mol. The lowest BCUT2D eigenvalue weighted by molar-refractivity contribution is -0.0131. The summed E-state index contributed by atoms with van der Waals surface area (Å²) in [6.45, 7) is 1.84. The van der Waals surface area contributed by atoms with Crippen LogP contribution in [0, 0.1) is 0 Å². The van der Waals surface area contributed by atoms with Crippen LogP contribution in [-0.4, -0.2) is 28.0 Å². The van der Waals surface area contributed by atoms with Gasteiger partial charge in [-0.25, -0.2) is 0 Å². The van der Waals surface area contributed by atoms with Gasteiger partial charge in [0.05, 0.1) is 0 Å². The molecule has 0 aromatic rings. The van der Waals surface area contributed by atoms with Crippen molar-refractivity contribution in [1.29, 1.82) is 0 Å². The lowest BCUT2D eigenvalue weighted by atomic mass is 10.5. The molecule has 0 saturated carbocycles. The van der Waals surface area contributed by atoms with E-state index in [1.54, 1.807) is 0 Å². The van der Waals surface area contributed by atoms with Crippen LogP contribution < -0.4 is 0 Å². The topological polar surface area (TPSA) is 29.5 Å². The van der Waals surface area contributed by atoms with Crippen molar-refractivity contribution in [3.63, 3.8) is 0 Å². The average Bonchev–Trinajstić information content (AvgIpc) is 1.65. The van der Waals surface area contributed by atoms with Crippen LogP contribution in [0.3, 0.4) is 0 Å². The molecule has 1 atom stereocenters. The van der Waals surface area contributed by atoms with E-state index < -0.39 is 6.29 Å². The van der Waals surface area contributed by atoms with Crippen LogP contribution in [0.2, 0.25) is 0 Å². The maximum absolute atomic E-state index is 8.42. The van der Waals surface area contributed by atoms with Gasteiger partial charge in [0, 0.05) is 0 Å². The van der Waals surface area contributed by atoms with E-state index in [0.717, 1.165) is 0 Å². The number of rotatable bonds is 2. The minimum absolute atomic E-state index is 0.602. The van der Waals surface area contributed by atoms with Crippen molar-refractivity contribution in [3.05, 3.63) is 0 Å². The second kappa shape index (κ2) is 3.64. The van der Waals surface area contributed by atoms with Crippen molar-refractivity contribution in [3.8, 4) is 0 Å². The van der Waals surface area contributed by atoms with Crippen LogP contribution in [0.4, 0.5) is 0 Å². The van der Waals surface area contributed by atoms with Crippen LogP contribution in [0.1, 0.15) is 13.3 Å². The molecule has 2 radical (unpaired) electrons. The smallest absolute Gasteiger partial charge is 0.373 e. The molecule has 3 heteroatoms. The van der Waals surface area contributed by atoms with Crippen LogP contribution in [0.15, 0.2) is 0 Å². The fourth-order valence-electron chi connectivity index (χ4n) is 0.0962. The van der Waals surface area contributed by atoms with Gasteiger partial charge in [-0.2, -0.15) is 0 Å². The molecule has 1 N–H and O–H groups in total. The average molecular weight is 102 g/mol. The highest BCUT2D eigenvalue weighted by molar-refractivity contribution is 5.98. The molecule has 0 saturated heterocycles. The Bertz CT molecular complexity index is 28.0. The third kappa shape index (κ3) is 2.68. The summed E-state index contributed by atoms with van der Waals surface area (Å²) in [5, 5.41) is 8.42. The Kier molecular flexibility index (Phi) is 3.91. The van der Waals surface area contributed by atoms with Crippen molar-refractivity contribution >= 4 is 16.6 Å². The van der Waals surface area contributed by atoms with Gasteiger partial charge in [-0.1, -0.05) is 6.92 Å². The Morgan fingerprint density at radius 3 is 2.50 bits per heavy atom. The number of aliphatic hydroxyl groups excluding tert-OH is 1. The summed E-state index contributed by atoms with van der Waals surface area (Å²) in [5.74, 6) is 0. The minimum Gasteiger partial charge on any atom is -0.495 e. The summed E-state index contributed by atoms with van der Waals surface area (Å²) in [4.78, 5) is 0. The highest BCUT2D eigenvalue weighted by Crippen LogP contribution is 1.85. The Morgan fingerprint density at radius 1 is 2.00 bits per heavy atom. The lowest BCUT2D eigenvalue weighted by Crippen LogP contribution is -2.06. The maximum atomic E-state index is 8.42. The first-order chi connectivity index (χ1) is 2.81. The van der Waals surface area contributed by atoms with Gasteiger partial charge in [-0.15, -0.1) is 0 Å². The lowest BCUT2D eigenvalue weighted by Gasteiger charge is -2.03. The largest absolute Gasteiger partial charge is 0.495 e. The zero-order valence-electron chi connectivity index (χ0n) is 3.72. The Labute approximate surface area is 45.9 Å². The van der Waals surface area contributed by atoms with E-state index in [1.807, 2.05) is 23.5 Å². The summed E-state index contributed by atoms with van der Waals surface area (Å²) < 4.78 is 4.37. The standard InChI is InChI=1S/C3H7O2.Al/c1-2-3(4)5;/h3-4H,2H2,1H3;/q-1;+1. The molecule has 0 rings (SSSR count). The second-order valence-corrected chi connectivity index (χ2v) is 1.27. The minimum atomic E-state index is -0.602. The third-order valence-electron chi connectivity index (χ3n) is 0.506. The van der Waals surface area contributed by atoms with Crippen LogP contribution >= 0.6 is 0 Å². The molecule has 0 aromatic heterocycles. The third-order valence-corrected chi connectivity index (χ3v) is 0.820. The van der Waals surface area contributed by atoms with Gasteiger partial charge in [0.15, 0.2) is 0 Å². The highest BCUT2D eigenvalue weighted by atomic mass is 27.1. The van der Waals surface area contributed by atoms with E-state index >= 15 is 0 Å². The molecule has 0 spiro atoms. The van der Waals surface area contributed by atoms with E-state index in [1.165, 1.54) is 0 Å². The molecule has 2 nitrogen and oxygen atoms in total. The molecule has 0 amide bonds.